The van der Waals surface area contributed by atoms with Crippen LogP contribution in [0, 0.1) is 5.92 Å². The van der Waals surface area contributed by atoms with E-state index >= 15 is 0 Å². The number of carbonyl (C=O) groups excluding carboxylic acids is 2. The number of sulfonamides is 1. The van der Waals surface area contributed by atoms with Crippen LogP contribution in [-0.2, 0) is 19.5 Å². The van der Waals surface area contributed by atoms with Gasteiger partial charge in [0.25, 0.3) is 0 Å². The minimum Gasteiger partial charge on any atom is -0.465 e. The molecule has 0 saturated carbocycles. The fraction of sp³-hybridized carbons (Fsp3) is 0.500. The molecule has 0 radical (unpaired) electrons. The first-order chi connectivity index (χ1) is 11.8. The van der Waals surface area contributed by atoms with Gasteiger partial charge in [0.1, 0.15) is 0 Å². The molecule has 0 amide bonds. The molecule has 26 heavy (non-hydrogen) atoms. The van der Waals surface area contributed by atoms with E-state index in [4.69, 9.17) is 0 Å². The highest BCUT2D eigenvalue weighted by Gasteiger charge is 2.33. The average Bonchev–Trinajstić information content (AvgIpc) is 3.09. The van der Waals surface area contributed by atoms with E-state index in [9.17, 15) is 18.0 Å². The SMILES string of the molecule is CNCC1CCN(S(=O)(=O)c2cc(C(=O)OC)cc(C(=O)OC)c2)C1.Cl. The van der Waals surface area contributed by atoms with Crippen LogP contribution in [0.1, 0.15) is 27.1 Å². The predicted octanol–water partition coefficient (Wildman–Crippen LogP) is 0.912. The van der Waals surface area contributed by atoms with Gasteiger partial charge in [0.2, 0.25) is 10.0 Å². The van der Waals surface area contributed by atoms with E-state index in [-0.39, 0.29) is 34.3 Å². The van der Waals surface area contributed by atoms with Gasteiger partial charge in [-0.3, -0.25) is 0 Å². The molecule has 1 fully saturated rings. The van der Waals surface area contributed by atoms with Crippen LogP contribution >= 0.6 is 12.4 Å². The lowest BCUT2D eigenvalue weighted by Gasteiger charge is -2.17. The zero-order valence-electron chi connectivity index (χ0n) is 14.9. The van der Waals surface area contributed by atoms with Gasteiger partial charge in [-0.15, -0.1) is 12.4 Å². The molecule has 10 heteroatoms. The van der Waals surface area contributed by atoms with E-state index in [1.165, 1.54) is 36.7 Å². The second-order valence-electron chi connectivity index (χ2n) is 5.80. The van der Waals surface area contributed by atoms with Crippen molar-refractivity contribution in [3.63, 3.8) is 0 Å². The lowest BCUT2D eigenvalue weighted by molar-refractivity contribution is 0.0598. The molecule has 0 aromatic heterocycles. The number of carbonyl (C=O) groups is 2. The number of halogens is 1. The van der Waals surface area contributed by atoms with Crippen molar-refractivity contribution < 1.29 is 27.5 Å². The Morgan fingerprint density at radius 2 is 1.69 bits per heavy atom. The molecule has 1 aliphatic rings. The predicted molar refractivity (Wildman–Crippen MR) is 97.2 cm³/mol. The van der Waals surface area contributed by atoms with Crippen molar-refractivity contribution in [2.45, 2.75) is 11.3 Å². The standard InChI is InChI=1S/C16H22N2O6S.ClH/c1-17-9-11-4-5-18(10-11)25(21,22)14-7-12(15(19)23-2)6-13(8-14)16(20)24-3;/h6-8,11,17H,4-5,9-10H2,1-3H3;1H. The third-order valence-electron chi connectivity index (χ3n) is 4.13. The molecule has 1 heterocycles. The number of rotatable bonds is 6. The monoisotopic (exact) mass is 406 g/mol. The number of nitrogens with one attached hydrogen (secondary N) is 1. The summed E-state index contributed by atoms with van der Waals surface area (Å²) in [5, 5.41) is 3.04. The Bertz CT molecular complexity index is 734. The fourth-order valence-electron chi connectivity index (χ4n) is 2.84. The molecule has 0 spiro atoms. The lowest BCUT2D eigenvalue weighted by atomic mass is 10.1. The maximum absolute atomic E-state index is 12.9. The molecule has 8 nitrogen and oxygen atoms in total. The van der Waals surface area contributed by atoms with Gasteiger partial charge in [-0.05, 0) is 44.1 Å². The van der Waals surface area contributed by atoms with Crippen LogP contribution < -0.4 is 5.32 Å². The zero-order chi connectivity index (χ0) is 18.6. The quantitative estimate of drug-likeness (QED) is 0.700. The maximum atomic E-state index is 12.9. The normalized spacial score (nSPS) is 17.4. The van der Waals surface area contributed by atoms with Crippen LogP contribution in [0.15, 0.2) is 23.1 Å². The van der Waals surface area contributed by atoms with E-state index in [0.29, 0.717) is 13.1 Å². The van der Waals surface area contributed by atoms with Gasteiger partial charge in [0.05, 0.1) is 30.2 Å². The number of ether oxygens (including phenoxy) is 2. The summed E-state index contributed by atoms with van der Waals surface area (Å²) in [4.78, 5) is 23.5. The van der Waals surface area contributed by atoms with Crippen molar-refractivity contribution in [2.75, 3.05) is 40.9 Å². The van der Waals surface area contributed by atoms with Crippen LogP contribution in [0.2, 0.25) is 0 Å². The summed E-state index contributed by atoms with van der Waals surface area (Å²) in [6.45, 7) is 1.51. The Hall–Kier alpha value is -1.68. The van der Waals surface area contributed by atoms with Gasteiger partial charge in [0, 0.05) is 13.1 Å². The van der Waals surface area contributed by atoms with Crippen molar-refractivity contribution in [3.8, 4) is 0 Å². The second kappa shape index (κ2) is 9.31. The van der Waals surface area contributed by atoms with Gasteiger partial charge < -0.3 is 14.8 Å². The first kappa shape index (κ1) is 22.4. The molecule has 146 valence electrons. The van der Waals surface area contributed by atoms with Gasteiger partial charge >= 0.3 is 11.9 Å². The summed E-state index contributed by atoms with van der Waals surface area (Å²) >= 11 is 0. The van der Waals surface area contributed by atoms with Crippen molar-refractivity contribution >= 4 is 34.4 Å². The topological polar surface area (TPSA) is 102 Å². The minimum atomic E-state index is -3.83. The van der Waals surface area contributed by atoms with Gasteiger partial charge in [-0.2, -0.15) is 4.31 Å². The number of hydrogen-bond acceptors (Lipinski definition) is 7. The molecule has 1 aromatic carbocycles. The minimum absolute atomic E-state index is 0. The maximum Gasteiger partial charge on any atom is 0.337 e. The Morgan fingerprint density at radius 1 is 1.15 bits per heavy atom. The van der Waals surface area contributed by atoms with Crippen molar-refractivity contribution in [1.82, 2.24) is 9.62 Å². The Kier molecular flexibility index (Phi) is 8.01. The molecule has 1 atom stereocenters. The summed E-state index contributed by atoms with van der Waals surface area (Å²) in [6, 6.07) is 3.70. The summed E-state index contributed by atoms with van der Waals surface area (Å²) < 4.78 is 36.5. The third-order valence-corrected chi connectivity index (χ3v) is 5.97. The van der Waals surface area contributed by atoms with Crippen LogP contribution in [0.4, 0.5) is 0 Å². The smallest absolute Gasteiger partial charge is 0.337 e. The van der Waals surface area contributed by atoms with Gasteiger partial charge in [-0.25, -0.2) is 18.0 Å². The van der Waals surface area contributed by atoms with Gasteiger partial charge in [0.15, 0.2) is 0 Å². The number of hydrogen-bond donors (Lipinski definition) is 1. The highest BCUT2D eigenvalue weighted by atomic mass is 35.5. The van der Waals surface area contributed by atoms with Crippen molar-refractivity contribution in [2.24, 2.45) is 5.92 Å². The first-order valence-corrected chi connectivity index (χ1v) is 9.24. The summed E-state index contributed by atoms with van der Waals surface area (Å²) in [5.41, 5.74) is -0.0371. The number of benzene rings is 1. The summed E-state index contributed by atoms with van der Waals surface area (Å²) in [7, 11) is 0.360. The molecule has 0 aliphatic carbocycles. The molecule has 0 bridgehead atoms. The zero-order valence-corrected chi connectivity index (χ0v) is 16.5. The van der Waals surface area contributed by atoms with Crippen LogP contribution in [0.5, 0.6) is 0 Å². The summed E-state index contributed by atoms with van der Waals surface area (Å²) in [5.74, 6) is -1.22. The average molecular weight is 407 g/mol. The summed E-state index contributed by atoms with van der Waals surface area (Å²) in [6.07, 6.45) is 0.751. The largest absolute Gasteiger partial charge is 0.465 e. The molecule has 1 N–H and O–H groups in total. The van der Waals surface area contributed by atoms with E-state index in [0.717, 1.165) is 13.0 Å². The van der Waals surface area contributed by atoms with E-state index in [2.05, 4.69) is 14.8 Å². The van der Waals surface area contributed by atoms with E-state index < -0.39 is 22.0 Å². The highest BCUT2D eigenvalue weighted by Crippen LogP contribution is 2.26. The first-order valence-electron chi connectivity index (χ1n) is 7.80. The van der Waals surface area contributed by atoms with Crippen LogP contribution in [-0.4, -0.2) is 65.6 Å². The third kappa shape index (κ3) is 4.73. The van der Waals surface area contributed by atoms with Crippen LogP contribution in [0.3, 0.4) is 0 Å². The Labute approximate surface area is 159 Å². The number of methoxy groups -OCH3 is 2. The molecular formula is C16H23ClN2O6S. The van der Waals surface area contributed by atoms with E-state index in [1.54, 1.807) is 0 Å². The molecular weight excluding hydrogens is 384 g/mol. The second-order valence-corrected chi connectivity index (χ2v) is 7.74. The number of nitrogens with zero attached hydrogens (tertiary/aromatic N) is 1. The molecule has 2 rings (SSSR count). The Balaban J connectivity index is 0.00000338. The number of esters is 2. The molecule has 1 aliphatic heterocycles. The Morgan fingerprint density at radius 3 is 2.15 bits per heavy atom. The lowest BCUT2D eigenvalue weighted by Crippen LogP contribution is -2.30. The van der Waals surface area contributed by atoms with Crippen molar-refractivity contribution in [1.29, 1.82) is 0 Å². The van der Waals surface area contributed by atoms with Gasteiger partial charge in [-0.1, -0.05) is 0 Å². The fourth-order valence-corrected chi connectivity index (χ4v) is 4.44. The molecule has 1 saturated heterocycles. The van der Waals surface area contributed by atoms with Crippen molar-refractivity contribution in [3.05, 3.63) is 29.3 Å². The van der Waals surface area contributed by atoms with E-state index in [1.807, 2.05) is 7.05 Å². The molecule has 1 unspecified atom stereocenters. The van der Waals surface area contributed by atoms with Crippen LogP contribution in [0.25, 0.3) is 0 Å². The molecule has 1 aromatic rings. The highest BCUT2D eigenvalue weighted by molar-refractivity contribution is 7.89.